The fourth-order valence-electron chi connectivity index (χ4n) is 0.558. The third-order valence-electron chi connectivity index (χ3n) is 1.02. The van der Waals surface area contributed by atoms with Gasteiger partial charge in [-0.05, 0) is 6.08 Å². The molecule has 0 bridgehead atoms. The first-order valence-corrected chi connectivity index (χ1v) is 3.25. The van der Waals surface area contributed by atoms with Gasteiger partial charge >= 0.3 is 29.6 Å². The van der Waals surface area contributed by atoms with Crippen molar-refractivity contribution >= 4 is 28.7 Å². The number of hydrogen-bond donors (Lipinski definition) is 0. The van der Waals surface area contributed by atoms with Gasteiger partial charge in [0.15, 0.2) is 0 Å². The molecule has 0 N–H and O–H groups in total. The zero-order valence-electron chi connectivity index (χ0n) is 5.56. The monoisotopic (exact) mass is 182 g/mol. The van der Waals surface area contributed by atoms with E-state index in [1.54, 1.807) is 6.08 Å². The summed E-state index contributed by atoms with van der Waals surface area (Å²) in [6.07, 6.45) is 3.42. The van der Waals surface area contributed by atoms with Gasteiger partial charge in [0.05, 0.1) is 0 Å². The van der Waals surface area contributed by atoms with E-state index in [0.717, 1.165) is 0 Å². The van der Waals surface area contributed by atoms with Crippen LogP contribution in [0.5, 0.6) is 0 Å². The summed E-state index contributed by atoms with van der Waals surface area (Å²) in [5.74, 6) is -0.0885. The molecule has 1 aliphatic carbocycles. The summed E-state index contributed by atoms with van der Waals surface area (Å²) >= 11 is 10.3. The Labute approximate surface area is 92.0 Å². The van der Waals surface area contributed by atoms with Crippen molar-refractivity contribution in [2.24, 2.45) is 0 Å². The molecule has 1 nitrogen and oxygen atoms in total. The molecule has 4 heteroatoms. The summed E-state index contributed by atoms with van der Waals surface area (Å²) in [7, 11) is 0. The molecule has 0 unspecified atom stereocenters. The first kappa shape index (κ1) is 10.7. The van der Waals surface area contributed by atoms with Crippen LogP contribution in [0, 0.1) is 0 Å². The van der Waals surface area contributed by atoms with Crippen LogP contribution in [0.1, 0.15) is 6.42 Å². The molecular formula is C6H4ClNaOS. The maximum atomic E-state index is 10.6. The predicted octanol–water partition coefficient (Wildman–Crippen LogP) is -1.87. The minimum absolute atomic E-state index is 0. The molecule has 0 aromatic rings. The molecule has 1 rings (SSSR count). The zero-order chi connectivity index (χ0) is 6.85. The summed E-state index contributed by atoms with van der Waals surface area (Å²) in [5, 5.41) is 11.3. The molecule has 0 aromatic carbocycles. The first-order chi connectivity index (χ1) is 4.20. The van der Waals surface area contributed by atoms with Gasteiger partial charge in [-0.15, -0.1) is 0 Å². The molecule has 0 spiro atoms. The molecule has 0 radical (unpaired) electrons. The molecule has 0 heterocycles. The van der Waals surface area contributed by atoms with E-state index in [0.29, 0.717) is 16.3 Å². The number of allylic oxidation sites excluding steroid dienone is 4. The van der Waals surface area contributed by atoms with Gasteiger partial charge in [-0.1, -0.05) is 35.7 Å². The SMILES string of the molecule is [Na+].[O-]C1=CC=C(Cl)CC1=S. The van der Waals surface area contributed by atoms with Crippen molar-refractivity contribution < 1.29 is 34.7 Å². The average molecular weight is 183 g/mol. The summed E-state index contributed by atoms with van der Waals surface area (Å²) in [4.78, 5) is 0.405. The Kier molecular flexibility index (Phi) is 4.82. The minimum atomic E-state index is -0.0885. The summed E-state index contributed by atoms with van der Waals surface area (Å²) in [6, 6.07) is 0. The standard InChI is InChI=1S/C6H5ClOS.Na/c7-4-1-2-5(8)6(9)3-4;/h1-2,8H,3H2;/q;+1/p-1. The number of rotatable bonds is 0. The average Bonchev–Trinajstić information content (AvgIpc) is 1.80. The second-order valence-electron chi connectivity index (χ2n) is 1.74. The molecule has 48 valence electrons. The number of hydrogen-bond acceptors (Lipinski definition) is 2. The van der Waals surface area contributed by atoms with Gasteiger partial charge in [-0.2, -0.15) is 0 Å². The number of thiocarbonyl (C=S) groups is 1. The molecule has 1 aliphatic rings. The molecule has 0 saturated carbocycles. The molecule has 10 heavy (non-hydrogen) atoms. The first-order valence-electron chi connectivity index (χ1n) is 2.47. The van der Waals surface area contributed by atoms with Crippen molar-refractivity contribution in [1.82, 2.24) is 0 Å². The van der Waals surface area contributed by atoms with Gasteiger partial charge in [0, 0.05) is 16.3 Å². The molecule has 0 fully saturated rings. The molecule has 0 saturated heterocycles. The van der Waals surface area contributed by atoms with Gasteiger partial charge in [-0.3, -0.25) is 0 Å². The van der Waals surface area contributed by atoms with Gasteiger partial charge in [-0.25, -0.2) is 0 Å². The van der Waals surface area contributed by atoms with Crippen LogP contribution in [0.15, 0.2) is 22.9 Å². The van der Waals surface area contributed by atoms with Gasteiger partial charge in [0.25, 0.3) is 0 Å². The van der Waals surface area contributed by atoms with Crippen LogP contribution >= 0.6 is 23.8 Å². The predicted molar refractivity (Wildman–Crippen MR) is 39.2 cm³/mol. The third kappa shape index (κ3) is 2.72. The van der Waals surface area contributed by atoms with E-state index < -0.39 is 0 Å². The molecular weight excluding hydrogens is 179 g/mol. The maximum Gasteiger partial charge on any atom is 1.00 e. The Morgan fingerprint density at radius 2 is 2.10 bits per heavy atom. The van der Waals surface area contributed by atoms with E-state index in [-0.39, 0.29) is 35.3 Å². The van der Waals surface area contributed by atoms with Crippen molar-refractivity contribution in [2.75, 3.05) is 0 Å². The maximum absolute atomic E-state index is 10.6. The summed E-state index contributed by atoms with van der Waals surface area (Å²) < 4.78 is 0. The third-order valence-corrected chi connectivity index (χ3v) is 1.62. The Hall–Kier alpha value is 0.660. The van der Waals surface area contributed by atoms with Crippen molar-refractivity contribution in [3.63, 3.8) is 0 Å². The smallest absolute Gasteiger partial charge is 0.872 e. The quantitative estimate of drug-likeness (QED) is 0.324. The Balaban J connectivity index is 0.000000810. The zero-order valence-corrected chi connectivity index (χ0v) is 9.13. The van der Waals surface area contributed by atoms with E-state index in [4.69, 9.17) is 23.8 Å². The Bertz CT molecular complexity index is 210. The van der Waals surface area contributed by atoms with Crippen molar-refractivity contribution in [3.05, 3.63) is 22.9 Å². The van der Waals surface area contributed by atoms with Gasteiger partial charge in [0.1, 0.15) is 0 Å². The molecule has 0 amide bonds. The van der Waals surface area contributed by atoms with E-state index >= 15 is 0 Å². The van der Waals surface area contributed by atoms with Crippen LogP contribution < -0.4 is 34.7 Å². The normalized spacial score (nSPS) is 17.1. The van der Waals surface area contributed by atoms with Crippen LogP contribution in [0.4, 0.5) is 0 Å². The van der Waals surface area contributed by atoms with E-state index in [2.05, 4.69) is 0 Å². The summed E-state index contributed by atoms with van der Waals surface area (Å²) in [6.45, 7) is 0. The fourth-order valence-corrected chi connectivity index (χ4v) is 1.06. The van der Waals surface area contributed by atoms with Gasteiger partial charge < -0.3 is 5.11 Å². The largest absolute Gasteiger partial charge is 1.00 e. The van der Waals surface area contributed by atoms with Crippen LogP contribution in [-0.4, -0.2) is 4.86 Å². The van der Waals surface area contributed by atoms with Gasteiger partial charge in [0.2, 0.25) is 0 Å². The molecule has 0 aromatic heterocycles. The second kappa shape index (κ2) is 4.52. The van der Waals surface area contributed by atoms with E-state index in [9.17, 15) is 5.11 Å². The van der Waals surface area contributed by atoms with Crippen LogP contribution in [0.3, 0.4) is 0 Å². The number of halogens is 1. The Morgan fingerprint density at radius 1 is 1.50 bits per heavy atom. The van der Waals surface area contributed by atoms with E-state index in [1.165, 1.54) is 6.08 Å². The fraction of sp³-hybridized carbons (Fsp3) is 0.167. The molecule has 0 atom stereocenters. The van der Waals surface area contributed by atoms with Crippen molar-refractivity contribution in [2.45, 2.75) is 6.42 Å². The minimum Gasteiger partial charge on any atom is -0.872 e. The van der Waals surface area contributed by atoms with Crippen LogP contribution in [0.25, 0.3) is 0 Å². The van der Waals surface area contributed by atoms with Crippen molar-refractivity contribution in [1.29, 1.82) is 0 Å². The molecule has 0 aliphatic heterocycles. The second-order valence-corrected chi connectivity index (χ2v) is 2.72. The Morgan fingerprint density at radius 3 is 2.50 bits per heavy atom. The van der Waals surface area contributed by atoms with Crippen LogP contribution in [-0.2, 0) is 0 Å². The van der Waals surface area contributed by atoms with E-state index in [1.807, 2.05) is 0 Å². The van der Waals surface area contributed by atoms with Crippen LogP contribution in [0.2, 0.25) is 0 Å². The van der Waals surface area contributed by atoms with Crippen molar-refractivity contribution in [3.8, 4) is 0 Å². The topological polar surface area (TPSA) is 23.1 Å². The summed E-state index contributed by atoms with van der Waals surface area (Å²) in [5.41, 5.74) is 0.